The average molecular weight is 297 g/mol. The smallest absolute Gasteiger partial charge is 0.410 e. The zero-order valence-electron chi connectivity index (χ0n) is 13.3. The Morgan fingerprint density at radius 1 is 1.43 bits per heavy atom. The molecule has 0 radical (unpaired) electrons. The van der Waals surface area contributed by atoms with Crippen molar-refractivity contribution in [3.8, 4) is 0 Å². The Labute approximate surface area is 126 Å². The van der Waals surface area contributed by atoms with Gasteiger partial charge in [0, 0.05) is 0 Å². The highest BCUT2D eigenvalue weighted by Gasteiger charge is 2.48. The molecule has 0 aromatic rings. The van der Waals surface area contributed by atoms with Crippen LogP contribution in [0.3, 0.4) is 0 Å². The Morgan fingerprint density at radius 3 is 2.48 bits per heavy atom. The fourth-order valence-corrected chi connectivity index (χ4v) is 3.26. The molecule has 0 aromatic heterocycles. The summed E-state index contributed by atoms with van der Waals surface area (Å²) in [7, 11) is 0. The molecule has 2 atom stereocenters. The highest BCUT2D eigenvalue weighted by molar-refractivity contribution is 5.69. The maximum Gasteiger partial charge on any atom is 0.410 e. The lowest BCUT2D eigenvalue weighted by atomic mass is 9.78. The minimum atomic E-state index is -0.730. The normalized spacial score (nSPS) is 32.7. The molecule has 0 aromatic carbocycles. The van der Waals surface area contributed by atoms with Crippen LogP contribution in [0.15, 0.2) is 12.7 Å². The Morgan fingerprint density at radius 2 is 2.00 bits per heavy atom. The van der Waals surface area contributed by atoms with E-state index in [0.29, 0.717) is 32.5 Å². The topological polar surface area (TPSA) is 59.0 Å². The van der Waals surface area contributed by atoms with Crippen LogP contribution in [-0.4, -0.2) is 52.6 Å². The van der Waals surface area contributed by atoms with Gasteiger partial charge in [-0.25, -0.2) is 4.79 Å². The third-order valence-electron chi connectivity index (χ3n) is 4.06. The standard InChI is InChI=1S/C16H27NO4/c1-5-6-7-16(19)8-12-10-20-11-13(9-16)17(12)14(18)21-15(2,3)4/h5,12-13,19H,1,6-11H2,2-4H3. The second kappa shape index (κ2) is 5.97. The number of amides is 1. The quantitative estimate of drug-likeness (QED) is 0.813. The number of fused-ring (bicyclic) bond motifs is 2. The van der Waals surface area contributed by atoms with Gasteiger partial charge in [0.15, 0.2) is 0 Å². The van der Waals surface area contributed by atoms with Crippen molar-refractivity contribution in [1.82, 2.24) is 4.90 Å². The van der Waals surface area contributed by atoms with E-state index < -0.39 is 11.2 Å². The zero-order valence-corrected chi connectivity index (χ0v) is 13.3. The van der Waals surface area contributed by atoms with Gasteiger partial charge in [-0.1, -0.05) is 6.08 Å². The van der Waals surface area contributed by atoms with E-state index in [1.54, 1.807) is 4.90 Å². The average Bonchev–Trinajstić information content (AvgIpc) is 2.33. The molecular formula is C16H27NO4. The second-order valence-corrected chi connectivity index (χ2v) is 7.19. The number of hydrogen-bond donors (Lipinski definition) is 1. The van der Waals surface area contributed by atoms with Gasteiger partial charge in [0.2, 0.25) is 0 Å². The first-order valence-electron chi connectivity index (χ1n) is 7.66. The largest absolute Gasteiger partial charge is 0.444 e. The van der Waals surface area contributed by atoms with E-state index >= 15 is 0 Å². The molecule has 2 bridgehead atoms. The van der Waals surface area contributed by atoms with Crippen molar-refractivity contribution in [2.75, 3.05) is 13.2 Å². The lowest BCUT2D eigenvalue weighted by Crippen LogP contribution is -2.64. The van der Waals surface area contributed by atoms with E-state index in [0.717, 1.165) is 6.42 Å². The van der Waals surface area contributed by atoms with Gasteiger partial charge >= 0.3 is 6.09 Å². The number of allylic oxidation sites excluding steroid dienone is 1. The molecular weight excluding hydrogens is 270 g/mol. The molecule has 1 amide bonds. The fraction of sp³-hybridized carbons (Fsp3) is 0.812. The molecule has 21 heavy (non-hydrogen) atoms. The number of aliphatic hydroxyl groups is 1. The molecule has 5 nitrogen and oxygen atoms in total. The highest BCUT2D eigenvalue weighted by atomic mass is 16.6. The first kappa shape index (κ1) is 16.3. The van der Waals surface area contributed by atoms with Crippen LogP contribution in [0.5, 0.6) is 0 Å². The molecule has 2 heterocycles. The molecule has 2 fully saturated rings. The van der Waals surface area contributed by atoms with Crippen LogP contribution < -0.4 is 0 Å². The van der Waals surface area contributed by atoms with Gasteiger partial charge in [0.05, 0.1) is 30.9 Å². The lowest BCUT2D eigenvalue weighted by Gasteiger charge is -2.51. The summed E-state index contributed by atoms with van der Waals surface area (Å²) in [6.07, 6.45) is 4.07. The van der Waals surface area contributed by atoms with Crippen molar-refractivity contribution in [3.63, 3.8) is 0 Å². The van der Waals surface area contributed by atoms with Crippen LogP contribution in [0.4, 0.5) is 4.79 Å². The van der Waals surface area contributed by atoms with Crippen molar-refractivity contribution in [3.05, 3.63) is 12.7 Å². The van der Waals surface area contributed by atoms with Gasteiger partial charge in [-0.05, 0) is 46.5 Å². The van der Waals surface area contributed by atoms with E-state index in [1.165, 1.54) is 0 Å². The zero-order chi connectivity index (χ0) is 15.7. The summed E-state index contributed by atoms with van der Waals surface area (Å²) in [6, 6.07) is -0.218. The van der Waals surface area contributed by atoms with Crippen LogP contribution in [0.1, 0.15) is 46.5 Å². The number of nitrogens with zero attached hydrogens (tertiary/aromatic N) is 1. The molecule has 2 saturated heterocycles. The maximum atomic E-state index is 12.4. The number of ether oxygens (including phenoxy) is 2. The number of rotatable bonds is 3. The van der Waals surface area contributed by atoms with Gasteiger partial charge in [-0.2, -0.15) is 0 Å². The Kier molecular flexibility index (Phi) is 4.63. The first-order valence-corrected chi connectivity index (χ1v) is 7.66. The minimum Gasteiger partial charge on any atom is -0.444 e. The van der Waals surface area contributed by atoms with Crippen molar-refractivity contribution in [1.29, 1.82) is 0 Å². The second-order valence-electron chi connectivity index (χ2n) is 7.19. The van der Waals surface area contributed by atoms with Gasteiger partial charge in [-0.3, -0.25) is 4.90 Å². The molecule has 0 aliphatic carbocycles. The van der Waals surface area contributed by atoms with E-state index in [-0.39, 0.29) is 18.2 Å². The molecule has 0 saturated carbocycles. The Bertz CT molecular complexity index is 388. The van der Waals surface area contributed by atoms with Crippen LogP contribution in [0.25, 0.3) is 0 Å². The van der Waals surface area contributed by atoms with E-state index in [9.17, 15) is 9.90 Å². The minimum absolute atomic E-state index is 0.109. The Hall–Kier alpha value is -1.07. The van der Waals surface area contributed by atoms with Crippen molar-refractivity contribution in [2.24, 2.45) is 0 Å². The first-order chi connectivity index (χ1) is 9.74. The fourth-order valence-electron chi connectivity index (χ4n) is 3.26. The number of morpholine rings is 1. The monoisotopic (exact) mass is 297 g/mol. The predicted octanol–water partition coefficient (Wildman–Crippen LogP) is 2.48. The summed E-state index contributed by atoms with van der Waals surface area (Å²) in [6.45, 7) is 10.2. The summed E-state index contributed by atoms with van der Waals surface area (Å²) < 4.78 is 11.1. The Balaban J connectivity index is 2.09. The molecule has 2 aliphatic rings. The van der Waals surface area contributed by atoms with Crippen LogP contribution >= 0.6 is 0 Å². The molecule has 2 aliphatic heterocycles. The molecule has 2 rings (SSSR count). The van der Waals surface area contributed by atoms with Crippen LogP contribution in [0, 0.1) is 0 Å². The summed E-state index contributed by atoms with van der Waals surface area (Å²) in [5.74, 6) is 0. The molecule has 5 heteroatoms. The summed E-state index contributed by atoms with van der Waals surface area (Å²) in [4.78, 5) is 14.2. The lowest BCUT2D eigenvalue weighted by molar-refractivity contribution is -0.139. The number of carbonyl (C=O) groups is 1. The van der Waals surface area contributed by atoms with E-state index in [4.69, 9.17) is 9.47 Å². The van der Waals surface area contributed by atoms with Crippen molar-refractivity contribution < 1.29 is 19.4 Å². The molecule has 2 unspecified atom stereocenters. The van der Waals surface area contributed by atoms with Gasteiger partial charge in [0.1, 0.15) is 5.60 Å². The number of carbonyl (C=O) groups excluding carboxylic acids is 1. The van der Waals surface area contributed by atoms with Gasteiger partial charge in [-0.15, -0.1) is 6.58 Å². The van der Waals surface area contributed by atoms with Crippen LogP contribution in [0.2, 0.25) is 0 Å². The van der Waals surface area contributed by atoms with Gasteiger partial charge in [0.25, 0.3) is 0 Å². The summed E-state index contributed by atoms with van der Waals surface area (Å²) >= 11 is 0. The number of piperidine rings is 1. The van der Waals surface area contributed by atoms with Crippen molar-refractivity contribution >= 4 is 6.09 Å². The van der Waals surface area contributed by atoms with E-state index in [1.807, 2.05) is 26.8 Å². The van der Waals surface area contributed by atoms with Gasteiger partial charge < -0.3 is 14.6 Å². The molecule has 1 N–H and O–H groups in total. The maximum absolute atomic E-state index is 12.4. The van der Waals surface area contributed by atoms with Crippen molar-refractivity contribution in [2.45, 2.75) is 69.7 Å². The third-order valence-corrected chi connectivity index (χ3v) is 4.06. The number of hydrogen-bond acceptors (Lipinski definition) is 4. The SMILES string of the molecule is C=CCCC1(O)CC2COCC(C1)N2C(=O)OC(C)(C)C. The molecule has 120 valence electrons. The van der Waals surface area contributed by atoms with E-state index in [2.05, 4.69) is 6.58 Å². The third kappa shape index (κ3) is 3.98. The predicted molar refractivity (Wildman–Crippen MR) is 80.1 cm³/mol. The molecule has 0 spiro atoms. The highest BCUT2D eigenvalue weighted by Crippen LogP contribution is 2.37. The summed E-state index contributed by atoms with van der Waals surface area (Å²) in [5.41, 5.74) is -1.24. The van der Waals surface area contributed by atoms with Crippen LogP contribution in [-0.2, 0) is 9.47 Å². The summed E-state index contributed by atoms with van der Waals surface area (Å²) in [5, 5.41) is 10.8.